The predicted molar refractivity (Wildman–Crippen MR) is 88.6 cm³/mol. The van der Waals surface area contributed by atoms with Crippen molar-refractivity contribution in [1.29, 1.82) is 0 Å². The number of nitrogens with zero attached hydrogens (tertiary/aromatic N) is 2. The van der Waals surface area contributed by atoms with Crippen molar-refractivity contribution < 1.29 is 9.53 Å². The molecule has 1 fully saturated rings. The molecule has 116 valence electrons. The van der Waals surface area contributed by atoms with Crippen molar-refractivity contribution in [2.75, 3.05) is 18.8 Å². The number of amides is 1. The molecule has 0 aliphatic carbocycles. The van der Waals surface area contributed by atoms with E-state index in [2.05, 4.69) is 20.9 Å². The molecule has 0 aromatic carbocycles. The lowest BCUT2D eigenvalue weighted by Gasteiger charge is -2.24. The smallest absolute Gasteiger partial charge is 0.410 e. The molecule has 1 atom stereocenters. The third-order valence-corrected chi connectivity index (χ3v) is 4.70. The summed E-state index contributed by atoms with van der Waals surface area (Å²) in [5.74, 6) is 1.48. The molecule has 1 saturated heterocycles. The molecule has 1 aliphatic rings. The Bertz CT molecular complexity index is 505. The Morgan fingerprint density at radius 2 is 2.29 bits per heavy atom. The SMILES string of the molecule is CC(C)(C)OC(=O)N1CC[C@H](CSc2cccc(Br)n2)C1. The molecule has 1 aromatic rings. The summed E-state index contributed by atoms with van der Waals surface area (Å²) in [4.78, 5) is 18.2. The van der Waals surface area contributed by atoms with Gasteiger partial charge >= 0.3 is 6.09 Å². The highest BCUT2D eigenvalue weighted by molar-refractivity contribution is 9.10. The molecule has 6 heteroatoms. The number of hydrogen-bond donors (Lipinski definition) is 0. The van der Waals surface area contributed by atoms with Gasteiger partial charge in [0.05, 0.1) is 5.03 Å². The molecule has 2 heterocycles. The van der Waals surface area contributed by atoms with Gasteiger partial charge in [-0.2, -0.15) is 0 Å². The molecule has 21 heavy (non-hydrogen) atoms. The average Bonchev–Trinajstić information content (AvgIpc) is 2.83. The summed E-state index contributed by atoms with van der Waals surface area (Å²) < 4.78 is 6.27. The Balaban J connectivity index is 1.79. The number of carbonyl (C=O) groups is 1. The zero-order valence-corrected chi connectivity index (χ0v) is 15.0. The van der Waals surface area contributed by atoms with E-state index in [-0.39, 0.29) is 6.09 Å². The highest BCUT2D eigenvalue weighted by atomic mass is 79.9. The van der Waals surface area contributed by atoms with Gasteiger partial charge in [0.1, 0.15) is 10.2 Å². The average molecular weight is 373 g/mol. The van der Waals surface area contributed by atoms with Crippen molar-refractivity contribution in [2.24, 2.45) is 5.92 Å². The fraction of sp³-hybridized carbons (Fsp3) is 0.600. The summed E-state index contributed by atoms with van der Waals surface area (Å²) >= 11 is 5.12. The first-order chi connectivity index (χ1) is 9.83. The van der Waals surface area contributed by atoms with Gasteiger partial charge in [0.15, 0.2) is 0 Å². The molecular weight excluding hydrogens is 352 g/mol. The number of rotatable bonds is 3. The van der Waals surface area contributed by atoms with Crippen LogP contribution in [0.5, 0.6) is 0 Å². The van der Waals surface area contributed by atoms with Gasteiger partial charge < -0.3 is 9.64 Å². The molecule has 1 aliphatic heterocycles. The van der Waals surface area contributed by atoms with E-state index in [1.165, 1.54) is 0 Å². The fourth-order valence-electron chi connectivity index (χ4n) is 2.13. The predicted octanol–water partition coefficient (Wildman–Crippen LogP) is 4.19. The Morgan fingerprint density at radius 1 is 1.52 bits per heavy atom. The van der Waals surface area contributed by atoms with Crippen LogP contribution >= 0.6 is 27.7 Å². The maximum atomic E-state index is 12.0. The monoisotopic (exact) mass is 372 g/mol. The summed E-state index contributed by atoms with van der Waals surface area (Å²) in [6, 6.07) is 5.92. The van der Waals surface area contributed by atoms with Crippen LogP contribution in [0.25, 0.3) is 0 Å². The number of thioether (sulfide) groups is 1. The molecule has 4 nitrogen and oxygen atoms in total. The molecule has 0 saturated carbocycles. The molecule has 0 spiro atoms. The second-order valence-corrected chi connectivity index (χ2v) is 8.04. The van der Waals surface area contributed by atoms with Crippen LogP contribution in [0.15, 0.2) is 27.8 Å². The number of likely N-dealkylation sites (tertiary alicyclic amines) is 1. The second kappa shape index (κ2) is 7.01. The van der Waals surface area contributed by atoms with Crippen LogP contribution in [0, 0.1) is 5.92 Å². The van der Waals surface area contributed by atoms with Crippen molar-refractivity contribution in [2.45, 2.75) is 37.8 Å². The number of hydrogen-bond acceptors (Lipinski definition) is 4. The van der Waals surface area contributed by atoms with Gasteiger partial charge in [0.2, 0.25) is 0 Å². The van der Waals surface area contributed by atoms with Crippen molar-refractivity contribution in [3.8, 4) is 0 Å². The Hall–Kier alpha value is -0.750. The van der Waals surface area contributed by atoms with E-state index in [4.69, 9.17) is 4.74 Å². The molecular formula is C15H21BrN2O2S. The number of ether oxygens (including phenoxy) is 1. The maximum absolute atomic E-state index is 12.0. The number of halogens is 1. The number of carbonyl (C=O) groups excluding carboxylic acids is 1. The van der Waals surface area contributed by atoms with E-state index >= 15 is 0 Å². The molecule has 1 aromatic heterocycles. The van der Waals surface area contributed by atoms with Gasteiger partial charge in [0.25, 0.3) is 0 Å². The Labute approximate surface area is 138 Å². The van der Waals surface area contributed by atoms with Gasteiger partial charge in [-0.05, 0) is 61.2 Å². The van der Waals surface area contributed by atoms with Gasteiger partial charge in [0, 0.05) is 18.8 Å². The minimum absolute atomic E-state index is 0.199. The molecule has 0 unspecified atom stereocenters. The largest absolute Gasteiger partial charge is 0.444 e. The van der Waals surface area contributed by atoms with E-state index in [1.807, 2.05) is 43.9 Å². The van der Waals surface area contributed by atoms with Crippen molar-refractivity contribution in [3.63, 3.8) is 0 Å². The zero-order chi connectivity index (χ0) is 15.5. The standard InChI is InChI=1S/C15H21BrN2O2S/c1-15(2,3)20-14(19)18-8-7-11(9-18)10-21-13-6-4-5-12(16)17-13/h4-6,11H,7-10H2,1-3H3/t11-/m0/s1. The fourth-order valence-corrected chi connectivity index (χ4v) is 3.61. The summed E-state index contributed by atoms with van der Waals surface area (Å²) in [6.07, 6.45) is 0.829. The molecule has 0 bridgehead atoms. The van der Waals surface area contributed by atoms with Crippen LogP contribution < -0.4 is 0 Å². The van der Waals surface area contributed by atoms with Gasteiger partial charge in [-0.15, -0.1) is 11.8 Å². The summed E-state index contributed by atoms with van der Waals surface area (Å²) in [6.45, 7) is 7.25. The molecule has 1 amide bonds. The van der Waals surface area contributed by atoms with Gasteiger partial charge in [-0.3, -0.25) is 0 Å². The molecule has 0 radical (unpaired) electrons. The first-order valence-electron chi connectivity index (χ1n) is 7.07. The van der Waals surface area contributed by atoms with Crippen LogP contribution in [-0.2, 0) is 4.74 Å². The Morgan fingerprint density at radius 3 is 2.95 bits per heavy atom. The minimum atomic E-state index is -0.426. The quantitative estimate of drug-likeness (QED) is 0.589. The Kier molecular flexibility index (Phi) is 5.54. The first-order valence-corrected chi connectivity index (χ1v) is 8.84. The lowest BCUT2D eigenvalue weighted by atomic mass is 10.2. The van der Waals surface area contributed by atoms with Crippen molar-refractivity contribution in [1.82, 2.24) is 9.88 Å². The summed E-state index contributed by atoms with van der Waals surface area (Å²) in [5.41, 5.74) is -0.426. The van der Waals surface area contributed by atoms with E-state index < -0.39 is 5.60 Å². The van der Waals surface area contributed by atoms with Crippen LogP contribution in [0.1, 0.15) is 27.2 Å². The van der Waals surface area contributed by atoms with E-state index in [0.717, 1.165) is 34.9 Å². The third kappa shape index (κ3) is 5.51. The van der Waals surface area contributed by atoms with Crippen molar-refractivity contribution >= 4 is 33.8 Å². The third-order valence-electron chi connectivity index (χ3n) is 3.09. The zero-order valence-electron chi connectivity index (χ0n) is 12.6. The van der Waals surface area contributed by atoms with Gasteiger partial charge in [-0.25, -0.2) is 9.78 Å². The van der Waals surface area contributed by atoms with Crippen molar-refractivity contribution in [3.05, 3.63) is 22.8 Å². The lowest BCUT2D eigenvalue weighted by molar-refractivity contribution is 0.0289. The molecule has 0 N–H and O–H groups in total. The number of pyridine rings is 1. The van der Waals surface area contributed by atoms with Gasteiger partial charge in [-0.1, -0.05) is 6.07 Å². The second-order valence-electron chi connectivity index (χ2n) is 6.19. The topological polar surface area (TPSA) is 42.4 Å². The van der Waals surface area contributed by atoms with Crippen LogP contribution in [0.4, 0.5) is 4.79 Å². The molecule has 2 rings (SSSR count). The first kappa shape index (κ1) is 16.6. The maximum Gasteiger partial charge on any atom is 0.410 e. The van der Waals surface area contributed by atoms with E-state index in [1.54, 1.807) is 11.8 Å². The number of aromatic nitrogens is 1. The summed E-state index contributed by atoms with van der Waals surface area (Å²) in [5, 5.41) is 1.01. The summed E-state index contributed by atoms with van der Waals surface area (Å²) in [7, 11) is 0. The normalized spacial score (nSPS) is 18.9. The van der Waals surface area contributed by atoms with Crippen LogP contribution in [-0.4, -0.2) is 40.4 Å². The van der Waals surface area contributed by atoms with E-state index in [9.17, 15) is 4.79 Å². The minimum Gasteiger partial charge on any atom is -0.444 e. The van der Waals surface area contributed by atoms with Crippen LogP contribution in [0.3, 0.4) is 0 Å². The lowest BCUT2D eigenvalue weighted by Crippen LogP contribution is -2.35. The highest BCUT2D eigenvalue weighted by Gasteiger charge is 2.29. The highest BCUT2D eigenvalue weighted by Crippen LogP contribution is 2.26. The van der Waals surface area contributed by atoms with Crippen LogP contribution in [0.2, 0.25) is 0 Å². The van der Waals surface area contributed by atoms with E-state index in [0.29, 0.717) is 5.92 Å².